The zero-order valence-electron chi connectivity index (χ0n) is 15.0. The molecule has 2 bridgehead atoms. The normalized spacial score (nSPS) is 27.2. The van der Waals surface area contributed by atoms with Crippen molar-refractivity contribution >= 4 is 28.7 Å². The second-order valence-electron chi connectivity index (χ2n) is 8.28. The first kappa shape index (κ1) is 16.8. The molecule has 0 saturated heterocycles. The average molecular weight is 354 g/mol. The van der Waals surface area contributed by atoms with Gasteiger partial charge >= 0.3 is 5.97 Å². The van der Waals surface area contributed by atoms with E-state index >= 15 is 0 Å². The van der Waals surface area contributed by atoms with Crippen LogP contribution in [0.25, 0.3) is 11.1 Å². The molecule has 2 aliphatic rings. The number of nitrogens with zero attached hydrogens (tertiary/aromatic N) is 1. The van der Waals surface area contributed by atoms with E-state index in [1.807, 2.05) is 32.9 Å². The maximum absolute atomic E-state index is 12.8. The molecule has 1 heterocycles. The van der Waals surface area contributed by atoms with Crippen LogP contribution in [0.2, 0.25) is 0 Å². The Hall–Kier alpha value is -2.63. The molecular formula is C20H22N2O4. The third kappa shape index (κ3) is 2.69. The van der Waals surface area contributed by atoms with E-state index in [4.69, 9.17) is 4.42 Å². The maximum Gasteiger partial charge on any atom is 0.307 e. The van der Waals surface area contributed by atoms with Crippen molar-refractivity contribution in [2.24, 2.45) is 23.7 Å². The number of benzene rings is 1. The molecular weight excluding hydrogens is 332 g/mol. The monoisotopic (exact) mass is 354 g/mol. The highest BCUT2D eigenvalue weighted by molar-refractivity contribution is 5.97. The standard InChI is InChI=1S/C20H22N2O4/c1-20(2,3)19-22-13-9-12(6-7-14(13)26-19)21-17(23)15-10-4-5-11(8-10)16(15)18(24)25/h4-7,9-11,15-16H,8H2,1-3H3,(H,21,23)(H,24,25)/t10-,11-,15+,16+/m0/s1. The van der Waals surface area contributed by atoms with Gasteiger partial charge in [-0.1, -0.05) is 32.9 Å². The first-order chi connectivity index (χ1) is 12.2. The number of hydrogen-bond donors (Lipinski definition) is 2. The fraction of sp³-hybridized carbons (Fsp3) is 0.450. The molecule has 1 amide bonds. The van der Waals surface area contributed by atoms with Gasteiger partial charge in [0, 0.05) is 11.1 Å². The number of carbonyl (C=O) groups excluding carboxylic acids is 1. The van der Waals surface area contributed by atoms with Gasteiger partial charge in [0.05, 0.1) is 11.8 Å². The quantitative estimate of drug-likeness (QED) is 0.822. The van der Waals surface area contributed by atoms with Crippen LogP contribution in [0.3, 0.4) is 0 Å². The SMILES string of the molecule is CC(C)(C)c1nc2cc(NC(=O)[C@H]3[C@H](C(=O)O)[C@H]4C=C[C@H]3C4)ccc2o1. The summed E-state index contributed by atoms with van der Waals surface area (Å²) >= 11 is 0. The van der Waals surface area contributed by atoms with Crippen LogP contribution >= 0.6 is 0 Å². The lowest BCUT2D eigenvalue weighted by Gasteiger charge is -2.23. The van der Waals surface area contributed by atoms with E-state index in [2.05, 4.69) is 10.3 Å². The van der Waals surface area contributed by atoms with Gasteiger partial charge in [0.1, 0.15) is 5.52 Å². The summed E-state index contributed by atoms with van der Waals surface area (Å²) in [6.45, 7) is 6.07. The Morgan fingerprint density at radius 1 is 1.19 bits per heavy atom. The number of aromatic nitrogens is 1. The van der Waals surface area contributed by atoms with E-state index in [1.165, 1.54) is 0 Å². The summed E-state index contributed by atoms with van der Waals surface area (Å²) in [5.41, 5.74) is 1.74. The first-order valence-corrected chi connectivity index (χ1v) is 8.87. The Bertz CT molecular complexity index is 922. The number of carboxylic acid groups (broad SMARTS) is 1. The summed E-state index contributed by atoms with van der Waals surface area (Å²) in [6.07, 6.45) is 4.65. The van der Waals surface area contributed by atoms with E-state index < -0.39 is 17.8 Å². The van der Waals surface area contributed by atoms with Crippen molar-refractivity contribution in [2.45, 2.75) is 32.6 Å². The molecule has 0 unspecified atom stereocenters. The van der Waals surface area contributed by atoms with Gasteiger partial charge in [-0.05, 0) is 36.5 Å². The number of carbonyl (C=O) groups is 2. The van der Waals surface area contributed by atoms with Gasteiger partial charge in [-0.15, -0.1) is 0 Å². The molecule has 4 atom stereocenters. The highest BCUT2D eigenvalue weighted by atomic mass is 16.4. The molecule has 1 aromatic carbocycles. The van der Waals surface area contributed by atoms with Gasteiger partial charge in [0.25, 0.3) is 0 Å². The van der Waals surface area contributed by atoms with Gasteiger partial charge in [-0.3, -0.25) is 9.59 Å². The fourth-order valence-corrected chi connectivity index (χ4v) is 4.07. The molecule has 2 aliphatic carbocycles. The molecule has 2 aromatic rings. The van der Waals surface area contributed by atoms with Crippen LogP contribution in [0.4, 0.5) is 5.69 Å². The highest BCUT2D eigenvalue weighted by Crippen LogP contribution is 2.48. The number of fused-ring (bicyclic) bond motifs is 3. The summed E-state index contributed by atoms with van der Waals surface area (Å²) in [5, 5.41) is 12.4. The number of aliphatic carboxylic acids is 1. The summed E-state index contributed by atoms with van der Waals surface area (Å²) in [4.78, 5) is 28.9. The van der Waals surface area contributed by atoms with Crippen molar-refractivity contribution in [1.82, 2.24) is 4.98 Å². The summed E-state index contributed by atoms with van der Waals surface area (Å²) in [5.74, 6) is -1.71. The predicted molar refractivity (Wildman–Crippen MR) is 96.7 cm³/mol. The average Bonchev–Trinajstić information content (AvgIpc) is 3.26. The van der Waals surface area contributed by atoms with Gasteiger partial charge in [0.15, 0.2) is 5.58 Å². The van der Waals surface area contributed by atoms with Crippen molar-refractivity contribution < 1.29 is 19.1 Å². The number of rotatable bonds is 3. The number of allylic oxidation sites excluding steroid dienone is 2. The van der Waals surface area contributed by atoms with Crippen molar-refractivity contribution in [1.29, 1.82) is 0 Å². The largest absolute Gasteiger partial charge is 0.481 e. The number of hydrogen-bond acceptors (Lipinski definition) is 4. The molecule has 0 spiro atoms. The van der Waals surface area contributed by atoms with Crippen LogP contribution in [0.15, 0.2) is 34.8 Å². The third-order valence-corrected chi connectivity index (χ3v) is 5.34. The van der Waals surface area contributed by atoms with Crippen LogP contribution in [0, 0.1) is 23.7 Å². The molecule has 6 nitrogen and oxygen atoms in total. The van der Waals surface area contributed by atoms with Crippen molar-refractivity contribution in [2.75, 3.05) is 5.32 Å². The van der Waals surface area contributed by atoms with Crippen LogP contribution in [-0.4, -0.2) is 22.0 Å². The molecule has 6 heteroatoms. The number of anilines is 1. The lowest BCUT2D eigenvalue weighted by Crippen LogP contribution is -2.36. The molecule has 2 N–H and O–H groups in total. The zero-order valence-corrected chi connectivity index (χ0v) is 15.0. The van der Waals surface area contributed by atoms with Crippen molar-refractivity contribution in [3.63, 3.8) is 0 Å². The fourth-order valence-electron chi connectivity index (χ4n) is 4.07. The van der Waals surface area contributed by atoms with Gasteiger partial charge in [-0.2, -0.15) is 0 Å². The van der Waals surface area contributed by atoms with Gasteiger partial charge in [-0.25, -0.2) is 4.98 Å². The van der Waals surface area contributed by atoms with Crippen molar-refractivity contribution in [3.8, 4) is 0 Å². The second kappa shape index (κ2) is 5.69. The minimum atomic E-state index is -0.899. The van der Waals surface area contributed by atoms with Gasteiger partial charge < -0.3 is 14.8 Å². The Morgan fingerprint density at radius 2 is 1.88 bits per heavy atom. The molecule has 1 saturated carbocycles. The van der Waals surface area contributed by atoms with Crippen molar-refractivity contribution in [3.05, 3.63) is 36.2 Å². The lowest BCUT2D eigenvalue weighted by molar-refractivity contribution is -0.146. The van der Waals surface area contributed by atoms with E-state index in [0.29, 0.717) is 22.7 Å². The predicted octanol–water partition coefficient (Wildman–Crippen LogP) is 3.59. The Kier molecular flexibility index (Phi) is 3.68. The highest BCUT2D eigenvalue weighted by Gasteiger charge is 2.51. The van der Waals surface area contributed by atoms with Gasteiger partial charge in [0.2, 0.25) is 11.8 Å². The summed E-state index contributed by atoms with van der Waals surface area (Å²) in [7, 11) is 0. The Morgan fingerprint density at radius 3 is 2.54 bits per heavy atom. The number of nitrogens with one attached hydrogen (secondary N) is 1. The van der Waals surface area contributed by atoms with E-state index in [1.54, 1.807) is 18.2 Å². The minimum absolute atomic E-state index is 0.00405. The number of amides is 1. The molecule has 26 heavy (non-hydrogen) atoms. The molecule has 1 fully saturated rings. The smallest absolute Gasteiger partial charge is 0.307 e. The van der Waals surface area contributed by atoms with E-state index in [0.717, 1.165) is 6.42 Å². The lowest BCUT2D eigenvalue weighted by atomic mass is 9.82. The summed E-state index contributed by atoms with van der Waals surface area (Å²) in [6, 6.07) is 5.31. The van der Waals surface area contributed by atoms with Crippen LogP contribution in [0.5, 0.6) is 0 Å². The zero-order chi connectivity index (χ0) is 18.6. The van der Waals surface area contributed by atoms with Crippen LogP contribution in [0.1, 0.15) is 33.1 Å². The summed E-state index contributed by atoms with van der Waals surface area (Å²) < 4.78 is 5.77. The topological polar surface area (TPSA) is 92.4 Å². The van der Waals surface area contributed by atoms with Crippen LogP contribution < -0.4 is 5.32 Å². The molecule has 136 valence electrons. The Balaban J connectivity index is 1.58. The molecule has 0 aliphatic heterocycles. The third-order valence-electron chi connectivity index (χ3n) is 5.34. The first-order valence-electron chi connectivity index (χ1n) is 8.87. The number of carboxylic acids is 1. The van der Waals surface area contributed by atoms with E-state index in [-0.39, 0.29) is 23.2 Å². The molecule has 1 aromatic heterocycles. The van der Waals surface area contributed by atoms with Crippen LogP contribution in [-0.2, 0) is 15.0 Å². The molecule has 0 radical (unpaired) electrons. The number of oxazole rings is 1. The van der Waals surface area contributed by atoms with E-state index in [9.17, 15) is 14.7 Å². The minimum Gasteiger partial charge on any atom is -0.481 e. The second-order valence-corrected chi connectivity index (χ2v) is 8.28. The maximum atomic E-state index is 12.8. The molecule has 4 rings (SSSR count). The Labute approximate surface area is 151 Å².